The number of hydrogen-bond acceptors (Lipinski definition) is 18. The van der Waals surface area contributed by atoms with Gasteiger partial charge in [-0.3, -0.25) is 48.4 Å². The molecule has 2 aromatic heterocycles. The molecule has 0 radical (unpaired) electrons. The van der Waals surface area contributed by atoms with Crippen LogP contribution < -0.4 is 28.7 Å². The molecule has 0 N–H and O–H groups in total. The number of anilines is 2. The van der Waals surface area contributed by atoms with Gasteiger partial charge in [0.25, 0.3) is 35.4 Å². The van der Waals surface area contributed by atoms with Gasteiger partial charge in [0.2, 0.25) is 0 Å². The van der Waals surface area contributed by atoms with E-state index in [1.54, 1.807) is 24.3 Å². The van der Waals surface area contributed by atoms with Gasteiger partial charge in [-0.05, 0) is 224 Å². The highest BCUT2D eigenvalue weighted by atomic mass is 16.6. The van der Waals surface area contributed by atoms with Crippen molar-refractivity contribution in [1.29, 1.82) is 0 Å². The van der Waals surface area contributed by atoms with Crippen molar-refractivity contribution in [2.24, 2.45) is 11.8 Å². The first kappa shape index (κ1) is 92.5. The lowest BCUT2D eigenvalue weighted by atomic mass is 9.80. The van der Waals surface area contributed by atoms with E-state index in [4.69, 9.17) is 46.7 Å². The maximum Gasteiger partial charge on any atom is 0.262 e. The fraction of sp³-hybridized carbons (Fsp3) is 0.306. The Morgan fingerprint density at radius 3 is 0.932 bits per heavy atom. The summed E-state index contributed by atoms with van der Waals surface area (Å²) in [6.45, 7) is 23.3. The zero-order valence-corrected chi connectivity index (χ0v) is 83.2. The van der Waals surface area contributed by atoms with Crippen molar-refractivity contribution in [3.8, 4) is 46.0 Å². The van der Waals surface area contributed by atoms with E-state index in [1.807, 2.05) is 284 Å². The number of rotatable bonds is 32. The third-order valence-electron chi connectivity index (χ3n) is 31.4. The summed E-state index contributed by atoms with van der Waals surface area (Å²) in [6.07, 6.45) is 6.22. The summed E-state index contributed by atoms with van der Waals surface area (Å²) in [5, 5.41) is 5.50. The Morgan fingerprint density at radius 1 is 0.322 bits per heavy atom. The number of amides is 6. The SMILES string of the molecule is Cc1ccc(Oc2cc3c4c(cc(Oc5ccc(C)cc5C)c5c6c(Oc7ccc(C)cc7C)cc7c8c(cc(Oc9ccc(C)cc9C)c(c2c45)c86)C(=O)N(C(Cc2cccc4c2oc2ccccc24)C(=O)N(c2ccccc2)C2CCCC(CN(CC4CO4)CC4CO4)C2)C7=O)C(=O)N(C(Cc2cccc4c2oc2ccccc24)C(=O)N(c2ccccc2)C2CCCC(CN(CC4CO4)CC4CO4)C2)C3=O)c(C)c1. The van der Waals surface area contributed by atoms with Gasteiger partial charge in [0.1, 0.15) is 80.4 Å². The summed E-state index contributed by atoms with van der Waals surface area (Å²) in [4.78, 5) is 119. The van der Waals surface area contributed by atoms with Crippen LogP contribution in [0.4, 0.5) is 11.4 Å². The average molecular weight is 1940 g/mol. The summed E-state index contributed by atoms with van der Waals surface area (Å²) >= 11 is 0. The number of nitrogens with zero attached hydrogens (tertiary/aromatic N) is 6. The molecule has 10 atom stereocenters. The van der Waals surface area contributed by atoms with Crippen LogP contribution in [0.5, 0.6) is 46.0 Å². The number of carbonyl (C=O) groups excluding carboxylic acids is 6. The second kappa shape index (κ2) is 37.5. The monoisotopic (exact) mass is 1940 g/mol. The molecule has 22 heteroatoms. The molecule has 15 aromatic carbocycles. The zero-order valence-electron chi connectivity index (χ0n) is 83.2. The Morgan fingerprint density at radius 2 is 0.623 bits per heavy atom. The normalized spacial score (nSPS) is 20.0. The third-order valence-corrected chi connectivity index (χ3v) is 31.4. The van der Waals surface area contributed by atoms with Crippen molar-refractivity contribution in [3.05, 3.63) is 321 Å². The molecule has 6 amide bonds. The lowest BCUT2D eigenvalue weighted by molar-refractivity contribution is -0.123. The molecule has 736 valence electrons. The minimum atomic E-state index is -1.58. The van der Waals surface area contributed by atoms with E-state index in [-0.39, 0.29) is 105 Å². The van der Waals surface area contributed by atoms with Crippen molar-refractivity contribution in [2.45, 2.75) is 168 Å². The first-order valence-electron chi connectivity index (χ1n) is 51.7. The summed E-state index contributed by atoms with van der Waals surface area (Å²) < 4.78 is 68.3. The van der Waals surface area contributed by atoms with Crippen LogP contribution in [0, 0.1) is 67.2 Å². The smallest absolute Gasteiger partial charge is 0.262 e. The molecule has 2 aliphatic carbocycles. The number of carbonyl (C=O) groups is 6. The summed E-state index contributed by atoms with van der Waals surface area (Å²) in [6, 6.07) is 73.0. The first-order valence-corrected chi connectivity index (χ1v) is 51.7. The quantitative estimate of drug-likeness (QED) is 0.0165. The Labute approximate surface area is 845 Å². The van der Waals surface area contributed by atoms with Gasteiger partial charge in [-0.15, -0.1) is 0 Å². The highest BCUT2D eigenvalue weighted by molar-refractivity contribution is 6.45. The van der Waals surface area contributed by atoms with Crippen LogP contribution in [-0.2, 0) is 41.4 Å². The van der Waals surface area contributed by atoms with Gasteiger partial charge in [0.15, 0.2) is 0 Å². The second-order valence-corrected chi connectivity index (χ2v) is 42.1. The number of epoxide rings is 4. The maximum atomic E-state index is 18.1. The van der Waals surface area contributed by atoms with Crippen molar-refractivity contribution in [3.63, 3.8) is 0 Å². The maximum absolute atomic E-state index is 18.1. The van der Waals surface area contributed by atoms with Crippen LogP contribution in [-0.4, -0.2) is 169 Å². The molecule has 8 aliphatic rings. The number of benzene rings is 15. The van der Waals surface area contributed by atoms with E-state index in [0.717, 1.165) is 131 Å². The topological polar surface area (TPSA) is 235 Å². The molecule has 25 rings (SSSR count). The van der Waals surface area contributed by atoms with Gasteiger partial charge in [-0.1, -0.05) is 193 Å². The molecule has 4 saturated heterocycles. The number of para-hydroxylation sites is 6. The number of aryl methyl sites for hydroxylation is 8. The van der Waals surface area contributed by atoms with Crippen molar-refractivity contribution >= 4 is 134 Å². The number of ether oxygens (including phenoxy) is 8. The van der Waals surface area contributed by atoms with E-state index in [9.17, 15) is 0 Å². The summed E-state index contributed by atoms with van der Waals surface area (Å²) in [7, 11) is 0. The van der Waals surface area contributed by atoms with Crippen LogP contribution in [0.15, 0.2) is 251 Å². The Bertz CT molecular complexity index is 7440. The third kappa shape index (κ3) is 17.3. The van der Waals surface area contributed by atoms with Crippen LogP contribution in [0.25, 0.3) is 87.0 Å². The summed E-state index contributed by atoms with van der Waals surface area (Å²) in [5.41, 5.74) is 11.5. The van der Waals surface area contributed by atoms with E-state index < -0.39 is 59.6 Å². The first-order chi connectivity index (χ1) is 71.1. The molecule has 8 heterocycles. The van der Waals surface area contributed by atoms with Crippen molar-refractivity contribution < 1.29 is 75.5 Å². The largest absolute Gasteiger partial charge is 0.456 e. The highest BCUT2D eigenvalue weighted by Gasteiger charge is 2.51. The molecule has 17 aromatic rings. The van der Waals surface area contributed by atoms with Gasteiger partial charge in [-0.25, -0.2) is 0 Å². The lowest BCUT2D eigenvalue weighted by Crippen LogP contribution is -2.58. The predicted molar refractivity (Wildman–Crippen MR) is 566 cm³/mol. The molecule has 2 saturated carbocycles. The Kier molecular flexibility index (Phi) is 23.7. The van der Waals surface area contributed by atoms with Gasteiger partial charge >= 0.3 is 0 Å². The number of imide groups is 2. The van der Waals surface area contributed by atoms with Crippen LogP contribution in [0.2, 0.25) is 0 Å². The number of furan rings is 2. The fourth-order valence-corrected chi connectivity index (χ4v) is 24.4. The molecule has 146 heavy (non-hydrogen) atoms. The van der Waals surface area contributed by atoms with E-state index in [2.05, 4.69) is 9.80 Å². The standard InChI is InChI=1S/C124H114N6O16/c1-69-39-43-99(73(5)47-69)141-105-55-93-109-94(120(132)129(119(93)131)97(53-79-25-21-35-91-89-33-15-17-37-103(89)145-117(79)91)123(135)127(81-27-11-9-12-28-81)83-31-19-23-77(51-83)59-125(61-85-65-137-85)62-86-66-138-86)57-107(143-101-45-41-71(3)49-75(101)7)113-114-108(144-102-46-42-72(4)50-76(102)8)58-96-110-95(56-106(112(116(110)114)111(105)115(109)113)142-100-44-40-70(2)48-74(100)6)121(133)130(122(96)134)98(54-80-26-22-36-92-90-34-16-18-38-104(90)146-118(80)92)124(136)128(82-29-13-10-14-30-82)84-32-20-24-78(52-84)60-126(63-87-67-139-87)64-88-68-140-88/h9-18,21-22,25-30,33-50,55-58,77-78,83-88,97-98H,19-20,23-24,31-32,51-54,59-68H2,1-8H3. The number of hydrogen-bond donors (Lipinski definition) is 0. The Balaban J connectivity index is 0.741. The van der Waals surface area contributed by atoms with Gasteiger partial charge < -0.3 is 56.5 Å². The molecule has 10 unspecified atom stereocenters. The highest BCUT2D eigenvalue weighted by Crippen LogP contribution is 2.60. The molecular weight excluding hydrogens is 1830 g/mol. The van der Waals surface area contributed by atoms with E-state index >= 15 is 28.8 Å². The minimum Gasteiger partial charge on any atom is -0.456 e. The van der Waals surface area contributed by atoms with Gasteiger partial charge in [0, 0.05) is 140 Å². The fourth-order valence-electron chi connectivity index (χ4n) is 24.4. The molecule has 0 bridgehead atoms. The zero-order chi connectivity index (χ0) is 99.3. The predicted octanol–water partition coefficient (Wildman–Crippen LogP) is 25.0. The minimum absolute atomic E-state index is 0.0148. The Hall–Kier alpha value is -14.6. The molecular formula is C124H114N6O16. The molecule has 6 fully saturated rings. The average Bonchev–Trinajstić information content (AvgIpc) is 0.860. The van der Waals surface area contributed by atoms with Crippen molar-refractivity contribution in [1.82, 2.24) is 19.6 Å². The number of fused-ring (bicyclic) bond motifs is 8. The van der Waals surface area contributed by atoms with Crippen molar-refractivity contribution in [2.75, 3.05) is 75.5 Å². The molecule has 6 aliphatic heterocycles. The lowest BCUT2D eigenvalue weighted by Gasteiger charge is -2.42. The van der Waals surface area contributed by atoms with Gasteiger partial charge in [0.05, 0.1) is 73.1 Å². The molecule has 0 spiro atoms. The van der Waals surface area contributed by atoms with E-state index in [0.29, 0.717) is 152 Å². The molecule has 22 nitrogen and oxygen atoms in total. The van der Waals surface area contributed by atoms with Crippen LogP contribution in [0.3, 0.4) is 0 Å². The summed E-state index contributed by atoms with van der Waals surface area (Å²) in [5.74, 6) is -1.77. The van der Waals surface area contributed by atoms with Crippen LogP contribution >= 0.6 is 0 Å². The van der Waals surface area contributed by atoms with Crippen LogP contribution in [0.1, 0.15) is 148 Å². The van der Waals surface area contributed by atoms with E-state index in [1.165, 1.54) is 9.80 Å². The second-order valence-electron chi connectivity index (χ2n) is 42.1. The van der Waals surface area contributed by atoms with Gasteiger partial charge in [-0.2, -0.15) is 0 Å².